The minimum absolute atomic E-state index is 0.732. The number of thioether (sulfide) groups is 2. The van der Waals surface area contributed by atoms with Crippen LogP contribution < -0.4 is 5.32 Å². The molecule has 88 valence electrons. The largest absolute Gasteiger partial charge is 0.365 e. The molecule has 0 aromatic rings. The van der Waals surface area contributed by atoms with Crippen molar-refractivity contribution in [2.45, 2.75) is 43.6 Å². The number of nitrogens with one attached hydrogen (secondary N) is 1. The zero-order chi connectivity index (χ0) is 11.1. The molecular formula is C11H22N2S2. The Balaban J connectivity index is 2.08. The van der Waals surface area contributed by atoms with E-state index in [1.807, 2.05) is 23.5 Å². The van der Waals surface area contributed by atoms with Crippen LogP contribution in [0.5, 0.6) is 0 Å². The summed E-state index contributed by atoms with van der Waals surface area (Å²) in [6, 6.07) is 0. The van der Waals surface area contributed by atoms with Crippen LogP contribution in [0.3, 0.4) is 0 Å². The number of hydrogen-bond acceptors (Lipinski definition) is 4. The lowest BCUT2D eigenvalue weighted by Crippen LogP contribution is -2.22. The molecule has 0 aromatic heterocycles. The summed E-state index contributed by atoms with van der Waals surface area (Å²) in [5.74, 6) is 0. The van der Waals surface area contributed by atoms with Gasteiger partial charge >= 0.3 is 0 Å². The van der Waals surface area contributed by atoms with Gasteiger partial charge in [-0.3, -0.25) is 4.99 Å². The smallest absolute Gasteiger partial charge is 0.156 e. The third-order valence-corrected chi connectivity index (χ3v) is 4.81. The first-order valence-electron chi connectivity index (χ1n) is 5.74. The van der Waals surface area contributed by atoms with Crippen molar-refractivity contribution < 1.29 is 0 Å². The summed E-state index contributed by atoms with van der Waals surface area (Å²) >= 11 is 3.86. The van der Waals surface area contributed by atoms with Gasteiger partial charge in [-0.05, 0) is 19.1 Å². The Bertz CT molecular complexity index is 207. The molecule has 0 fully saturated rings. The fourth-order valence-corrected chi connectivity index (χ4v) is 2.99. The number of rotatable bonds is 6. The van der Waals surface area contributed by atoms with Crippen LogP contribution in [0.25, 0.3) is 0 Å². The van der Waals surface area contributed by atoms with Gasteiger partial charge in [-0.15, -0.1) is 0 Å². The van der Waals surface area contributed by atoms with E-state index in [1.165, 1.54) is 24.4 Å². The van der Waals surface area contributed by atoms with Crippen molar-refractivity contribution in [3.8, 4) is 0 Å². The first kappa shape index (κ1) is 13.2. The minimum atomic E-state index is 0.732. The summed E-state index contributed by atoms with van der Waals surface area (Å²) in [5, 5.41) is 6.08. The highest BCUT2D eigenvalue weighted by Gasteiger charge is 2.18. The van der Waals surface area contributed by atoms with E-state index in [-0.39, 0.29) is 0 Å². The van der Waals surface area contributed by atoms with Crippen LogP contribution in [-0.2, 0) is 0 Å². The molecule has 1 heterocycles. The molecule has 0 saturated heterocycles. The molecule has 0 amide bonds. The van der Waals surface area contributed by atoms with Gasteiger partial charge in [-0.25, -0.2) is 0 Å². The molecule has 0 spiro atoms. The predicted octanol–water partition coefficient (Wildman–Crippen LogP) is 2.99. The fourth-order valence-electron chi connectivity index (χ4n) is 1.49. The molecule has 1 rings (SSSR count). The second-order valence-electron chi connectivity index (χ2n) is 3.94. The van der Waals surface area contributed by atoms with Gasteiger partial charge in [-0.2, -0.15) is 11.8 Å². The lowest BCUT2D eigenvalue weighted by molar-refractivity contribution is 0.751. The molecule has 2 atom stereocenters. The molecule has 0 bridgehead atoms. The second-order valence-corrected chi connectivity index (χ2v) is 6.50. The van der Waals surface area contributed by atoms with Gasteiger partial charge in [0.1, 0.15) is 0 Å². The predicted molar refractivity (Wildman–Crippen MR) is 74.2 cm³/mol. The molecule has 1 aliphatic rings. The van der Waals surface area contributed by atoms with E-state index in [2.05, 4.69) is 30.4 Å². The molecule has 0 aromatic carbocycles. The monoisotopic (exact) mass is 246 g/mol. The standard InChI is InChI=1S/C11H22N2S2/c1-4-5-10-8-13-11(15-10)12-7-6-9(2)14-3/h9-10H,4-8H2,1-3H3,(H,12,13). The third-order valence-electron chi connectivity index (χ3n) is 2.56. The Morgan fingerprint density at radius 1 is 1.67 bits per heavy atom. The Morgan fingerprint density at radius 2 is 2.47 bits per heavy atom. The summed E-state index contributed by atoms with van der Waals surface area (Å²) in [7, 11) is 0. The lowest BCUT2D eigenvalue weighted by Gasteiger charge is -2.10. The molecule has 1 N–H and O–H groups in total. The molecule has 4 heteroatoms. The van der Waals surface area contributed by atoms with Gasteiger partial charge in [0.2, 0.25) is 0 Å². The molecule has 1 aliphatic heterocycles. The van der Waals surface area contributed by atoms with Crippen LogP contribution in [-0.4, -0.2) is 35.0 Å². The maximum atomic E-state index is 4.52. The van der Waals surface area contributed by atoms with Crippen molar-refractivity contribution in [1.82, 2.24) is 5.32 Å². The van der Waals surface area contributed by atoms with Crippen molar-refractivity contribution in [2.75, 3.05) is 19.3 Å². The Hall–Kier alpha value is 0.170. The highest BCUT2D eigenvalue weighted by atomic mass is 32.2. The van der Waals surface area contributed by atoms with Gasteiger partial charge < -0.3 is 5.32 Å². The lowest BCUT2D eigenvalue weighted by atomic mass is 10.2. The summed E-state index contributed by atoms with van der Waals surface area (Å²) in [5.41, 5.74) is 0. The van der Waals surface area contributed by atoms with E-state index >= 15 is 0 Å². The van der Waals surface area contributed by atoms with Crippen molar-refractivity contribution in [3.05, 3.63) is 0 Å². The molecule has 0 radical (unpaired) electrons. The van der Waals surface area contributed by atoms with Crippen molar-refractivity contribution >= 4 is 28.7 Å². The SMILES string of the molecule is CCCC1CN=C(NCCC(C)SC)S1. The Labute approximate surface area is 102 Å². The topological polar surface area (TPSA) is 24.4 Å². The van der Waals surface area contributed by atoms with E-state index < -0.39 is 0 Å². The molecule has 0 aliphatic carbocycles. The summed E-state index contributed by atoms with van der Waals surface area (Å²) in [6.07, 6.45) is 5.95. The van der Waals surface area contributed by atoms with E-state index in [1.54, 1.807) is 0 Å². The van der Waals surface area contributed by atoms with Gasteiger partial charge in [-0.1, -0.05) is 32.0 Å². The summed E-state index contributed by atoms with van der Waals surface area (Å²) in [6.45, 7) is 6.59. The zero-order valence-electron chi connectivity index (χ0n) is 9.95. The van der Waals surface area contributed by atoms with Gasteiger partial charge in [0.25, 0.3) is 0 Å². The maximum absolute atomic E-state index is 4.52. The van der Waals surface area contributed by atoms with E-state index in [9.17, 15) is 0 Å². The minimum Gasteiger partial charge on any atom is -0.365 e. The van der Waals surface area contributed by atoms with Crippen LogP contribution in [0, 0.1) is 0 Å². The molecule has 15 heavy (non-hydrogen) atoms. The van der Waals surface area contributed by atoms with E-state index in [0.29, 0.717) is 0 Å². The van der Waals surface area contributed by atoms with Crippen molar-refractivity contribution in [3.63, 3.8) is 0 Å². The number of amidine groups is 1. The highest BCUT2D eigenvalue weighted by Crippen LogP contribution is 2.23. The van der Waals surface area contributed by atoms with E-state index in [0.717, 1.165) is 23.6 Å². The summed E-state index contributed by atoms with van der Waals surface area (Å²) in [4.78, 5) is 4.52. The normalized spacial score (nSPS) is 22.6. The first-order chi connectivity index (χ1) is 7.26. The average molecular weight is 246 g/mol. The number of hydrogen-bond donors (Lipinski definition) is 1. The Kier molecular flexibility index (Phi) is 6.57. The third kappa shape index (κ3) is 5.16. The van der Waals surface area contributed by atoms with Crippen LogP contribution in [0.2, 0.25) is 0 Å². The summed E-state index contributed by atoms with van der Waals surface area (Å²) < 4.78 is 0. The zero-order valence-corrected chi connectivity index (χ0v) is 11.6. The van der Waals surface area contributed by atoms with Crippen LogP contribution >= 0.6 is 23.5 Å². The number of nitrogens with zero attached hydrogens (tertiary/aromatic N) is 1. The molecule has 2 unspecified atom stereocenters. The second kappa shape index (κ2) is 7.44. The Morgan fingerprint density at radius 3 is 3.13 bits per heavy atom. The first-order valence-corrected chi connectivity index (χ1v) is 7.90. The number of aliphatic imine (C=N–C) groups is 1. The van der Waals surface area contributed by atoms with E-state index in [4.69, 9.17) is 0 Å². The molecule has 2 nitrogen and oxygen atoms in total. The maximum Gasteiger partial charge on any atom is 0.156 e. The van der Waals surface area contributed by atoms with Crippen LogP contribution in [0.15, 0.2) is 4.99 Å². The van der Waals surface area contributed by atoms with Crippen molar-refractivity contribution in [1.29, 1.82) is 0 Å². The van der Waals surface area contributed by atoms with Crippen molar-refractivity contribution in [2.24, 2.45) is 4.99 Å². The highest BCUT2D eigenvalue weighted by molar-refractivity contribution is 8.14. The average Bonchev–Trinajstić information content (AvgIpc) is 2.66. The van der Waals surface area contributed by atoms with Crippen LogP contribution in [0.4, 0.5) is 0 Å². The fraction of sp³-hybridized carbons (Fsp3) is 0.909. The molecular weight excluding hydrogens is 224 g/mol. The van der Waals surface area contributed by atoms with Gasteiger partial charge in [0.15, 0.2) is 5.17 Å². The van der Waals surface area contributed by atoms with Crippen LogP contribution in [0.1, 0.15) is 33.1 Å². The van der Waals surface area contributed by atoms with Gasteiger partial charge in [0.05, 0.1) is 6.54 Å². The molecule has 0 saturated carbocycles. The van der Waals surface area contributed by atoms with Gasteiger partial charge in [0, 0.05) is 17.0 Å². The quantitative estimate of drug-likeness (QED) is 0.780.